The number of nitrogens with one attached hydrogen (secondary N) is 1. The van der Waals surface area contributed by atoms with Crippen LogP contribution in [0, 0.1) is 0 Å². The molecule has 1 aromatic rings. The Labute approximate surface area is 106 Å². The lowest BCUT2D eigenvalue weighted by Gasteiger charge is -2.22. The zero-order chi connectivity index (χ0) is 9.97. The van der Waals surface area contributed by atoms with Gasteiger partial charge in [-0.25, -0.2) is 0 Å². The van der Waals surface area contributed by atoms with Gasteiger partial charge in [0.15, 0.2) is 0 Å². The first-order valence-corrected chi connectivity index (χ1v) is 6.15. The van der Waals surface area contributed by atoms with E-state index in [4.69, 9.17) is 11.6 Å². The summed E-state index contributed by atoms with van der Waals surface area (Å²) in [5, 5.41) is 6.24. The number of hydrogen-bond donors (Lipinski definition) is 1. The normalized spacial score (nSPS) is 20.6. The lowest BCUT2D eigenvalue weighted by atomic mass is 10.2. The van der Waals surface area contributed by atoms with Gasteiger partial charge in [-0.1, -0.05) is 11.6 Å². The molecule has 1 fully saturated rings. The Bertz CT molecular complexity index is 297. The molecule has 1 unspecified atom stereocenters. The largest absolute Gasteiger partial charge is 0.315 e. The predicted octanol–water partition coefficient (Wildman–Crippen LogP) is 2.62. The summed E-state index contributed by atoms with van der Waals surface area (Å²) >= 11 is 7.63. The smallest absolute Gasteiger partial charge is 0.0516 e. The van der Waals surface area contributed by atoms with Gasteiger partial charge < -0.3 is 5.32 Å². The summed E-state index contributed by atoms with van der Waals surface area (Å²) in [5.74, 6) is 0. The van der Waals surface area contributed by atoms with Gasteiger partial charge in [-0.2, -0.15) is 0 Å². The van der Waals surface area contributed by atoms with Crippen LogP contribution in [0.3, 0.4) is 0 Å². The van der Waals surface area contributed by atoms with Gasteiger partial charge in [-0.3, -0.25) is 4.90 Å². The zero-order valence-electron chi connectivity index (χ0n) is 8.70. The fraction of sp³-hybridized carbons (Fsp3) is 0.600. The highest BCUT2D eigenvalue weighted by molar-refractivity contribution is 7.10. The molecule has 1 atom stereocenters. The highest BCUT2D eigenvalue weighted by atomic mass is 35.5. The first-order chi connectivity index (χ1) is 6.75. The van der Waals surface area contributed by atoms with E-state index < -0.39 is 0 Å². The average Bonchev–Trinajstić information content (AvgIpc) is 2.75. The average molecular weight is 267 g/mol. The van der Waals surface area contributed by atoms with Gasteiger partial charge in [0, 0.05) is 29.4 Å². The highest BCUT2D eigenvalue weighted by Gasteiger charge is 2.19. The molecule has 1 aliphatic rings. The van der Waals surface area contributed by atoms with Crippen LogP contribution in [0.4, 0.5) is 0 Å². The van der Waals surface area contributed by atoms with E-state index in [0.717, 1.165) is 24.7 Å². The molecule has 2 heterocycles. The number of likely N-dealkylation sites (N-methyl/N-ethyl adjacent to an activating group) is 1. The molecule has 0 saturated carbocycles. The second kappa shape index (κ2) is 6.06. The van der Waals surface area contributed by atoms with E-state index in [1.807, 2.05) is 5.38 Å². The minimum atomic E-state index is 0. The number of halogens is 2. The Hall–Kier alpha value is 0.200. The van der Waals surface area contributed by atoms with Gasteiger partial charge >= 0.3 is 0 Å². The molecule has 15 heavy (non-hydrogen) atoms. The van der Waals surface area contributed by atoms with Crippen molar-refractivity contribution >= 4 is 35.3 Å². The van der Waals surface area contributed by atoms with Crippen LogP contribution in [0.5, 0.6) is 0 Å². The Morgan fingerprint density at radius 1 is 1.67 bits per heavy atom. The van der Waals surface area contributed by atoms with Crippen molar-refractivity contribution in [1.29, 1.82) is 0 Å². The monoisotopic (exact) mass is 266 g/mol. The number of thiophene rings is 1. The van der Waals surface area contributed by atoms with Gasteiger partial charge in [0.1, 0.15) is 0 Å². The van der Waals surface area contributed by atoms with Crippen molar-refractivity contribution in [3.8, 4) is 0 Å². The Morgan fingerprint density at radius 2 is 2.47 bits per heavy atom. The molecule has 1 aliphatic heterocycles. The van der Waals surface area contributed by atoms with E-state index in [0.29, 0.717) is 6.04 Å². The van der Waals surface area contributed by atoms with Crippen molar-refractivity contribution in [2.24, 2.45) is 0 Å². The molecular formula is C10H16Cl2N2S. The number of nitrogens with zero attached hydrogens (tertiary/aromatic N) is 1. The maximum atomic E-state index is 5.88. The molecule has 1 aromatic heterocycles. The molecule has 2 rings (SSSR count). The molecular weight excluding hydrogens is 251 g/mol. The Kier molecular flexibility index (Phi) is 5.36. The topological polar surface area (TPSA) is 15.3 Å². The molecule has 86 valence electrons. The lowest BCUT2D eigenvalue weighted by molar-refractivity contribution is 0.251. The Morgan fingerprint density at radius 3 is 3.00 bits per heavy atom. The maximum Gasteiger partial charge on any atom is 0.0516 e. The standard InChI is InChI=1S/C10H15ClN2S.ClH/c1-13(9-2-3-12-5-9)6-10-4-8(11)7-14-10;/h4,7,9,12H,2-3,5-6H2,1H3;1H. The third-order valence-corrected chi connectivity index (χ3v) is 3.95. The second-order valence-electron chi connectivity index (χ2n) is 3.79. The van der Waals surface area contributed by atoms with Crippen LogP contribution in [0.2, 0.25) is 5.02 Å². The number of hydrogen-bond acceptors (Lipinski definition) is 3. The molecule has 0 aromatic carbocycles. The molecule has 0 bridgehead atoms. The van der Waals surface area contributed by atoms with E-state index in [2.05, 4.69) is 23.3 Å². The molecule has 0 radical (unpaired) electrons. The van der Waals surface area contributed by atoms with Crippen LogP contribution >= 0.6 is 35.3 Å². The van der Waals surface area contributed by atoms with E-state index in [1.165, 1.54) is 11.3 Å². The van der Waals surface area contributed by atoms with Gasteiger partial charge in [-0.15, -0.1) is 23.7 Å². The fourth-order valence-corrected chi connectivity index (χ4v) is 2.96. The van der Waals surface area contributed by atoms with Crippen LogP contribution in [-0.2, 0) is 6.54 Å². The lowest BCUT2D eigenvalue weighted by Crippen LogP contribution is -2.32. The molecule has 0 spiro atoms. The summed E-state index contributed by atoms with van der Waals surface area (Å²) < 4.78 is 0. The zero-order valence-corrected chi connectivity index (χ0v) is 11.1. The second-order valence-corrected chi connectivity index (χ2v) is 5.23. The quantitative estimate of drug-likeness (QED) is 0.905. The molecule has 5 heteroatoms. The fourth-order valence-electron chi connectivity index (χ4n) is 1.83. The summed E-state index contributed by atoms with van der Waals surface area (Å²) in [7, 11) is 2.19. The van der Waals surface area contributed by atoms with Crippen LogP contribution in [-0.4, -0.2) is 31.1 Å². The van der Waals surface area contributed by atoms with Gasteiger partial charge in [0.05, 0.1) is 5.02 Å². The maximum absolute atomic E-state index is 5.88. The molecule has 0 amide bonds. The summed E-state index contributed by atoms with van der Waals surface area (Å²) in [4.78, 5) is 3.76. The molecule has 1 N–H and O–H groups in total. The van der Waals surface area contributed by atoms with E-state index in [-0.39, 0.29) is 12.4 Å². The molecule has 1 saturated heterocycles. The van der Waals surface area contributed by atoms with Gasteiger partial charge in [0.25, 0.3) is 0 Å². The third kappa shape index (κ3) is 3.61. The van der Waals surface area contributed by atoms with Gasteiger partial charge in [-0.05, 0) is 26.1 Å². The van der Waals surface area contributed by atoms with E-state index >= 15 is 0 Å². The van der Waals surface area contributed by atoms with Crippen LogP contribution in [0.25, 0.3) is 0 Å². The van der Waals surface area contributed by atoms with Crippen molar-refractivity contribution < 1.29 is 0 Å². The third-order valence-electron chi connectivity index (χ3n) is 2.68. The summed E-state index contributed by atoms with van der Waals surface area (Å²) in [6.45, 7) is 3.29. The SMILES string of the molecule is CN(Cc1cc(Cl)cs1)C1CCNC1.Cl. The number of rotatable bonds is 3. The van der Waals surface area contributed by atoms with Crippen molar-refractivity contribution in [1.82, 2.24) is 10.2 Å². The van der Waals surface area contributed by atoms with Crippen molar-refractivity contribution in [2.45, 2.75) is 19.0 Å². The highest BCUT2D eigenvalue weighted by Crippen LogP contribution is 2.21. The first-order valence-electron chi connectivity index (χ1n) is 4.89. The van der Waals surface area contributed by atoms with Crippen molar-refractivity contribution in [3.05, 3.63) is 21.3 Å². The van der Waals surface area contributed by atoms with E-state index in [1.54, 1.807) is 11.3 Å². The summed E-state index contributed by atoms with van der Waals surface area (Å²) in [5.41, 5.74) is 0. The van der Waals surface area contributed by atoms with Gasteiger partial charge in [0.2, 0.25) is 0 Å². The summed E-state index contributed by atoms with van der Waals surface area (Å²) in [6, 6.07) is 2.75. The van der Waals surface area contributed by atoms with Crippen LogP contribution in [0.15, 0.2) is 11.4 Å². The predicted molar refractivity (Wildman–Crippen MR) is 69.3 cm³/mol. The Balaban J connectivity index is 0.00000112. The minimum absolute atomic E-state index is 0. The molecule has 0 aliphatic carbocycles. The molecule has 2 nitrogen and oxygen atoms in total. The van der Waals surface area contributed by atoms with Crippen molar-refractivity contribution in [3.63, 3.8) is 0 Å². The first kappa shape index (κ1) is 13.3. The van der Waals surface area contributed by atoms with Crippen LogP contribution in [0.1, 0.15) is 11.3 Å². The van der Waals surface area contributed by atoms with E-state index in [9.17, 15) is 0 Å². The van der Waals surface area contributed by atoms with Crippen molar-refractivity contribution in [2.75, 3.05) is 20.1 Å². The van der Waals surface area contributed by atoms with Crippen LogP contribution < -0.4 is 5.32 Å². The minimum Gasteiger partial charge on any atom is -0.315 e. The summed E-state index contributed by atoms with van der Waals surface area (Å²) in [6.07, 6.45) is 1.26.